The highest BCUT2D eigenvalue weighted by molar-refractivity contribution is 6.59. The predicted octanol–water partition coefficient (Wildman–Crippen LogP) is 2.59. The van der Waals surface area contributed by atoms with E-state index in [0.717, 1.165) is 0 Å². The van der Waals surface area contributed by atoms with Gasteiger partial charge >= 0.3 is 0 Å². The molecule has 8 heteroatoms. The Kier molecular flexibility index (Phi) is 7.14. The Morgan fingerprint density at radius 2 is 1.30 bits per heavy atom. The monoisotopic (exact) mass is 345 g/mol. The van der Waals surface area contributed by atoms with Crippen molar-refractivity contribution in [1.29, 1.82) is 0 Å². The minimum absolute atomic E-state index is 0.198. The first-order valence-corrected chi connectivity index (χ1v) is 7.13. The lowest BCUT2D eigenvalue weighted by atomic mass is 10.1. The van der Waals surface area contributed by atoms with Crippen LogP contribution in [0.4, 0.5) is 0 Å². The smallest absolute Gasteiger partial charge is 0.225 e. The van der Waals surface area contributed by atoms with Crippen LogP contribution in [0.5, 0.6) is 0 Å². The molecule has 0 fully saturated rings. The summed E-state index contributed by atoms with van der Waals surface area (Å²) in [5, 5.41) is 25.6. The standard InChI is InChI=1S/C12H22Cl3N3O2/c1-11(2,3)16-10(17-12(4,5)6)8(18(19)20)7(13)9(14)15/h16-19H,1-6H3. The van der Waals surface area contributed by atoms with E-state index in [4.69, 9.17) is 34.8 Å². The van der Waals surface area contributed by atoms with E-state index in [-0.39, 0.29) is 32.1 Å². The molecule has 0 bridgehead atoms. The van der Waals surface area contributed by atoms with Crippen LogP contribution in [0.15, 0.2) is 21.0 Å². The van der Waals surface area contributed by atoms with Crippen molar-refractivity contribution in [3.8, 4) is 0 Å². The van der Waals surface area contributed by atoms with E-state index in [1.807, 2.05) is 41.5 Å². The van der Waals surface area contributed by atoms with Crippen molar-refractivity contribution in [2.75, 3.05) is 0 Å². The zero-order valence-corrected chi connectivity index (χ0v) is 14.8. The van der Waals surface area contributed by atoms with E-state index in [1.54, 1.807) is 0 Å². The van der Waals surface area contributed by atoms with Gasteiger partial charge in [-0.05, 0) is 41.5 Å². The first kappa shape index (κ1) is 19.8. The van der Waals surface area contributed by atoms with Crippen molar-refractivity contribution in [3.63, 3.8) is 0 Å². The van der Waals surface area contributed by atoms with Gasteiger partial charge in [0.05, 0.1) is 0 Å². The topological polar surface area (TPSA) is 71.8 Å². The highest BCUT2D eigenvalue weighted by Crippen LogP contribution is 2.24. The van der Waals surface area contributed by atoms with Crippen LogP contribution < -0.4 is 15.9 Å². The lowest BCUT2D eigenvalue weighted by Crippen LogP contribution is -3.03. The van der Waals surface area contributed by atoms with Gasteiger partial charge in [-0.25, -0.2) is 5.21 Å². The van der Waals surface area contributed by atoms with Crippen LogP contribution in [0.2, 0.25) is 0 Å². The number of hydroxylamine groups is 2. The zero-order chi connectivity index (χ0) is 16.3. The number of hydrogen-bond donors (Lipinski definition) is 4. The number of allylic oxidation sites excluding steroid dienone is 1. The summed E-state index contributed by atoms with van der Waals surface area (Å²) in [6.07, 6.45) is 0. The summed E-state index contributed by atoms with van der Waals surface area (Å²) in [7, 11) is 0. The fourth-order valence-corrected chi connectivity index (χ4v) is 1.68. The van der Waals surface area contributed by atoms with Crippen LogP contribution in [0.1, 0.15) is 41.5 Å². The molecule has 1 atom stereocenters. The summed E-state index contributed by atoms with van der Waals surface area (Å²) in [4.78, 5) is 0. The fourth-order valence-electron chi connectivity index (χ4n) is 1.31. The number of quaternary nitrogens is 1. The second-order valence-electron chi connectivity index (χ2n) is 6.38. The molecule has 0 rings (SSSR count). The van der Waals surface area contributed by atoms with E-state index in [9.17, 15) is 10.4 Å². The maximum absolute atomic E-state index is 11.5. The summed E-state index contributed by atoms with van der Waals surface area (Å²) in [5.74, 6) is 0.265. The van der Waals surface area contributed by atoms with Gasteiger partial charge in [-0.15, -0.1) is 0 Å². The summed E-state index contributed by atoms with van der Waals surface area (Å²) >= 11 is 17.2. The average molecular weight is 347 g/mol. The maximum Gasteiger partial charge on any atom is 0.225 e. The first-order chi connectivity index (χ1) is 8.74. The summed E-state index contributed by atoms with van der Waals surface area (Å²) in [6, 6.07) is 0. The number of hydrogen-bond acceptors (Lipinski definition) is 4. The molecule has 0 aliphatic rings. The molecule has 0 aliphatic heterocycles. The molecule has 0 aliphatic carbocycles. The average Bonchev–Trinajstić information content (AvgIpc) is 2.10. The third-order valence-corrected chi connectivity index (χ3v) is 2.80. The molecule has 0 radical (unpaired) electrons. The van der Waals surface area contributed by atoms with Crippen molar-refractivity contribution in [1.82, 2.24) is 10.6 Å². The molecule has 118 valence electrons. The van der Waals surface area contributed by atoms with Crippen molar-refractivity contribution >= 4 is 34.8 Å². The van der Waals surface area contributed by atoms with Gasteiger partial charge in [0.1, 0.15) is 9.52 Å². The molecule has 0 spiro atoms. The number of rotatable bonds is 4. The molecule has 0 heterocycles. The quantitative estimate of drug-likeness (QED) is 0.466. The lowest BCUT2D eigenvalue weighted by molar-refractivity contribution is -1.01. The van der Waals surface area contributed by atoms with Crippen molar-refractivity contribution in [2.24, 2.45) is 0 Å². The van der Waals surface area contributed by atoms with Gasteiger partial charge in [0.15, 0.2) is 5.82 Å². The highest BCUT2D eigenvalue weighted by Gasteiger charge is 2.26. The largest absolute Gasteiger partial charge is 0.595 e. The summed E-state index contributed by atoms with van der Waals surface area (Å²) in [5.41, 5.74) is -0.939. The molecule has 0 aromatic carbocycles. The third kappa shape index (κ3) is 7.57. The molecule has 1 unspecified atom stereocenters. The van der Waals surface area contributed by atoms with E-state index in [0.29, 0.717) is 0 Å². The van der Waals surface area contributed by atoms with Gasteiger partial charge in [0, 0.05) is 11.1 Å². The van der Waals surface area contributed by atoms with Gasteiger partial charge in [-0.3, -0.25) is 0 Å². The molecular weight excluding hydrogens is 325 g/mol. The Morgan fingerprint density at radius 1 is 0.950 bits per heavy atom. The minimum atomic E-state index is -1.22. The van der Waals surface area contributed by atoms with Crippen LogP contribution in [-0.4, -0.2) is 16.3 Å². The lowest BCUT2D eigenvalue weighted by Gasteiger charge is -2.32. The van der Waals surface area contributed by atoms with Crippen molar-refractivity contribution in [2.45, 2.75) is 52.6 Å². The molecule has 0 aromatic heterocycles. The Labute approximate surface area is 135 Å². The van der Waals surface area contributed by atoms with Crippen LogP contribution in [0.3, 0.4) is 0 Å². The summed E-state index contributed by atoms with van der Waals surface area (Å²) in [6.45, 7) is 11.4. The summed E-state index contributed by atoms with van der Waals surface area (Å²) < 4.78 is -0.298. The second kappa shape index (κ2) is 7.20. The van der Waals surface area contributed by atoms with Crippen molar-refractivity contribution < 1.29 is 10.4 Å². The Balaban J connectivity index is 5.95. The first-order valence-electron chi connectivity index (χ1n) is 5.99. The van der Waals surface area contributed by atoms with Crippen LogP contribution in [0.25, 0.3) is 0 Å². The molecule has 20 heavy (non-hydrogen) atoms. The molecule has 0 saturated heterocycles. The van der Waals surface area contributed by atoms with Crippen LogP contribution in [-0.2, 0) is 0 Å². The van der Waals surface area contributed by atoms with Gasteiger partial charge in [-0.1, -0.05) is 34.8 Å². The van der Waals surface area contributed by atoms with E-state index in [2.05, 4.69) is 10.6 Å². The van der Waals surface area contributed by atoms with Crippen LogP contribution >= 0.6 is 34.8 Å². The van der Waals surface area contributed by atoms with Crippen molar-refractivity contribution in [3.05, 3.63) is 26.2 Å². The minimum Gasteiger partial charge on any atom is -0.595 e. The molecule has 0 amide bonds. The van der Waals surface area contributed by atoms with E-state index >= 15 is 0 Å². The van der Waals surface area contributed by atoms with Crippen LogP contribution in [0, 0.1) is 5.21 Å². The highest BCUT2D eigenvalue weighted by atomic mass is 35.5. The Morgan fingerprint density at radius 3 is 1.50 bits per heavy atom. The van der Waals surface area contributed by atoms with E-state index < -0.39 is 5.23 Å². The number of halogens is 3. The maximum atomic E-state index is 11.5. The molecular formula is C12H22Cl3N3O2. The molecule has 0 aromatic rings. The number of nitrogens with one attached hydrogen (secondary N) is 3. The van der Waals surface area contributed by atoms with Gasteiger partial charge in [-0.2, -0.15) is 5.23 Å². The Hall–Kier alpha value is -0.170. The molecule has 0 saturated carbocycles. The molecule has 4 N–H and O–H groups in total. The normalized spacial score (nSPS) is 13.6. The Bertz CT molecular complexity index is 385. The fraction of sp³-hybridized carbons (Fsp3) is 0.667. The van der Waals surface area contributed by atoms with Gasteiger partial charge < -0.3 is 15.8 Å². The SMILES string of the molecule is CC(C)(C)NC(NC(C)(C)C)=C(C(Cl)=C(Cl)Cl)[NH+]([O-])O. The second-order valence-corrected chi connectivity index (χ2v) is 7.71. The van der Waals surface area contributed by atoms with Gasteiger partial charge in [0.25, 0.3) is 0 Å². The molecule has 5 nitrogen and oxygen atoms in total. The zero-order valence-electron chi connectivity index (χ0n) is 12.5. The predicted molar refractivity (Wildman–Crippen MR) is 83.5 cm³/mol. The third-order valence-electron chi connectivity index (χ3n) is 1.85. The van der Waals surface area contributed by atoms with E-state index in [1.165, 1.54) is 0 Å². The van der Waals surface area contributed by atoms with Gasteiger partial charge in [0.2, 0.25) is 5.70 Å².